The fraction of sp³-hybridized carbons (Fsp3) is 0.438. The highest BCUT2D eigenvalue weighted by molar-refractivity contribution is 6.24. The first-order valence-corrected chi connectivity index (χ1v) is 12.9. The van der Waals surface area contributed by atoms with E-state index in [4.69, 9.17) is 0 Å². The van der Waals surface area contributed by atoms with Crippen molar-refractivity contribution < 1.29 is 0 Å². The van der Waals surface area contributed by atoms with E-state index in [0.29, 0.717) is 0 Å². The monoisotopic (exact) mass is 452 g/mol. The van der Waals surface area contributed by atoms with Crippen molar-refractivity contribution in [3.63, 3.8) is 0 Å². The Morgan fingerprint density at radius 2 is 0.559 bits per heavy atom. The number of rotatable bonds is 2. The summed E-state index contributed by atoms with van der Waals surface area (Å²) in [7, 11) is 0. The second-order valence-electron chi connectivity index (χ2n) is 10.6. The van der Waals surface area contributed by atoms with E-state index < -0.39 is 0 Å². The van der Waals surface area contributed by atoms with Gasteiger partial charge in [-0.2, -0.15) is 0 Å². The molecule has 2 heteroatoms. The van der Waals surface area contributed by atoms with E-state index in [1.807, 2.05) is 0 Å². The van der Waals surface area contributed by atoms with Gasteiger partial charge >= 0.3 is 0 Å². The quantitative estimate of drug-likeness (QED) is 0.253. The molecule has 0 saturated carbocycles. The Morgan fingerprint density at radius 3 is 0.853 bits per heavy atom. The Hall–Kier alpha value is -2.74. The molecule has 34 heavy (non-hydrogen) atoms. The van der Waals surface area contributed by atoms with E-state index in [1.54, 1.807) is 0 Å². The fourth-order valence-corrected chi connectivity index (χ4v) is 6.98. The summed E-state index contributed by atoms with van der Waals surface area (Å²) in [5.41, 5.74) is 20.1. The van der Waals surface area contributed by atoms with Crippen molar-refractivity contribution >= 4 is 43.6 Å². The number of benzene rings is 3. The summed E-state index contributed by atoms with van der Waals surface area (Å²) in [4.78, 5) is 0. The standard InChI is InChI=1S/C32H40N2/c1-13-33-29-21(9)17(5)15(3)19(7)25(29)27-24(12)32-28(23(11)31(27)33)26-20(8)16(4)18(6)22(10)30(26)34(32)14-2/h13-14H2,1-12H3. The molecule has 2 nitrogen and oxygen atoms in total. The van der Waals surface area contributed by atoms with Crippen LogP contribution >= 0.6 is 0 Å². The van der Waals surface area contributed by atoms with Gasteiger partial charge < -0.3 is 9.13 Å². The largest absolute Gasteiger partial charge is 0.340 e. The maximum atomic E-state index is 2.61. The van der Waals surface area contributed by atoms with Crippen LogP contribution in [0.3, 0.4) is 0 Å². The van der Waals surface area contributed by atoms with E-state index in [2.05, 4.69) is 92.2 Å². The average molecular weight is 453 g/mol. The third-order valence-electron chi connectivity index (χ3n) is 9.46. The third kappa shape index (κ3) is 2.47. The first-order valence-electron chi connectivity index (χ1n) is 12.9. The summed E-state index contributed by atoms with van der Waals surface area (Å²) >= 11 is 0. The van der Waals surface area contributed by atoms with Crippen LogP contribution in [0.2, 0.25) is 0 Å². The smallest absolute Gasteiger partial charge is 0.0531 e. The normalized spacial score (nSPS) is 12.4. The summed E-state index contributed by atoms with van der Waals surface area (Å²) in [5, 5.41) is 5.86. The van der Waals surface area contributed by atoms with E-state index in [9.17, 15) is 0 Å². The van der Waals surface area contributed by atoms with Gasteiger partial charge in [-0.1, -0.05) is 0 Å². The van der Waals surface area contributed by atoms with Gasteiger partial charge in [-0.3, -0.25) is 0 Å². The highest BCUT2D eigenvalue weighted by Gasteiger charge is 2.27. The van der Waals surface area contributed by atoms with E-state index in [1.165, 1.54) is 99.2 Å². The van der Waals surface area contributed by atoms with Crippen LogP contribution < -0.4 is 0 Å². The molecule has 3 aromatic carbocycles. The molecule has 0 saturated heterocycles. The molecule has 5 rings (SSSR count). The molecule has 0 aliphatic heterocycles. The molecule has 2 heterocycles. The predicted octanol–water partition coefficient (Wildman–Crippen LogP) is 9.03. The Bertz CT molecular complexity index is 1570. The van der Waals surface area contributed by atoms with Gasteiger partial charge in [0.05, 0.1) is 22.1 Å². The molecule has 2 aromatic heterocycles. The number of fused-ring (bicyclic) bond motifs is 6. The van der Waals surface area contributed by atoms with Crippen molar-refractivity contribution in [2.45, 2.75) is 96.2 Å². The molecule has 5 aromatic rings. The first-order chi connectivity index (χ1) is 16.0. The van der Waals surface area contributed by atoms with Crippen molar-refractivity contribution in [1.82, 2.24) is 9.13 Å². The van der Waals surface area contributed by atoms with Gasteiger partial charge in [-0.05, 0) is 139 Å². The maximum absolute atomic E-state index is 2.61. The molecular weight excluding hydrogens is 412 g/mol. The minimum absolute atomic E-state index is 0.983. The second-order valence-corrected chi connectivity index (χ2v) is 10.6. The van der Waals surface area contributed by atoms with Crippen LogP contribution in [0.5, 0.6) is 0 Å². The molecular formula is C32H40N2. The molecule has 0 atom stereocenters. The van der Waals surface area contributed by atoms with Crippen molar-refractivity contribution in [3.8, 4) is 0 Å². The summed E-state index contributed by atoms with van der Waals surface area (Å²) in [5.74, 6) is 0. The van der Waals surface area contributed by atoms with E-state index in [0.717, 1.165) is 13.1 Å². The lowest BCUT2D eigenvalue weighted by Crippen LogP contribution is -2.00. The van der Waals surface area contributed by atoms with Crippen LogP contribution in [0, 0.1) is 69.2 Å². The molecule has 0 radical (unpaired) electrons. The Morgan fingerprint density at radius 1 is 0.324 bits per heavy atom. The first kappa shape index (κ1) is 23.0. The molecule has 178 valence electrons. The number of aryl methyl sites for hydroxylation is 8. The lowest BCUT2D eigenvalue weighted by molar-refractivity contribution is 0.818. The van der Waals surface area contributed by atoms with Crippen molar-refractivity contribution in [3.05, 3.63) is 55.6 Å². The zero-order chi connectivity index (χ0) is 25.0. The Kier molecular flexibility index (Phi) is 5.00. The van der Waals surface area contributed by atoms with Gasteiger partial charge in [0.1, 0.15) is 0 Å². The number of aromatic nitrogens is 2. The van der Waals surface area contributed by atoms with Gasteiger partial charge in [0, 0.05) is 34.6 Å². The minimum Gasteiger partial charge on any atom is -0.340 e. The zero-order valence-corrected chi connectivity index (χ0v) is 23.3. The van der Waals surface area contributed by atoms with Gasteiger partial charge in [0.2, 0.25) is 0 Å². The summed E-state index contributed by atoms with van der Waals surface area (Å²) in [6.07, 6.45) is 0. The van der Waals surface area contributed by atoms with Gasteiger partial charge in [-0.25, -0.2) is 0 Å². The van der Waals surface area contributed by atoms with Crippen molar-refractivity contribution in [1.29, 1.82) is 0 Å². The van der Waals surface area contributed by atoms with Crippen LogP contribution in [0.4, 0.5) is 0 Å². The molecule has 0 aliphatic carbocycles. The van der Waals surface area contributed by atoms with Gasteiger partial charge in [0.15, 0.2) is 0 Å². The van der Waals surface area contributed by atoms with Gasteiger partial charge in [-0.15, -0.1) is 0 Å². The number of hydrogen-bond donors (Lipinski definition) is 0. The molecule has 0 aliphatic rings. The van der Waals surface area contributed by atoms with Crippen LogP contribution in [-0.4, -0.2) is 9.13 Å². The molecule has 0 amide bonds. The number of hydrogen-bond acceptors (Lipinski definition) is 0. The van der Waals surface area contributed by atoms with Gasteiger partial charge in [0.25, 0.3) is 0 Å². The van der Waals surface area contributed by atoms with E-state index >= 15 is 0 Å². The zero-order valence-electron chi connectivity index (χ0n) is 23.3. The molecule has 0 N–H and O–H groups in total. The van der Waals surface area contributed by atoms with Crippen LogP contribution in [-0.2, 0) is 13.1 Å². The Balaban J connectivity index is 2.25. The molecule has 0 fully saturated rings. The molecule has 0 bridgehead atoms. The average Bonchev–Trinajstić information content (AvgIpc) is 3.36. The lowest BCUT2D eigenvalue weighted by Gasteiger charge is -2.14. The summed E-state index contributed by atoms with van der Waals surface area (Å²) < 4.78 is 5.22. The van der Waals surface area contributed by atoms with Crippen LogP contribution in [0.15, 0.2) is 0 Å². The van der Waals surface area contributed by atoms with Crippen molar-refractivity contribution in [2.75, 3.05) is 0 Å². The number of nitrogens with zero attached hydrogens (tertiary/aromatic N) is 2. The maximum Gasteiger partial charge on any atom is 0.0531 e. The highest BCUT2D eigenvalue weighted by atomic mass is 15.0. The Labute approximate surface area is 204 Å². The minimum atomic E-state index is 0.983. The van der Waals surface area contributed by atoms with E-state index in [-0.39, 0.29) is 0 Å². The molecule has 0 spiro atoms. The lowest BCUT2D eigenvalue weighted by atomic mass is 9.90. The highest BCUT2D eigenvalue weighted by Crippen LogP contribution is 2.47. The summed E-state index contributed by atoms with van der Waals surface area (Å²) in [6.45, 7) is 29.8. The SMILES string of the molecule is CCn1c2c(C)c(C)c(C)c(C)c2c2c(C)c3c(c(C)c21)c1c(C)c(C)c(C)c(C)c1n3CC. The fourth-order valence-electron chi connectivity index (χ4n) is 6.98. The van der Waals surface area contributed by atoms with Crippen LogP contribution in [0.1, 0.15) is 69.5 Å². The molecule has 0 unspecified atom stereocenters. The van der Waals surface area contributed by atoms with Crippen LogP contribution in [0.25, 0.3) is 43.6 Å². The third-order valence-corrected chi connectivity index (χ3v) is 9.46. The topological polar surface area (TPSA) is 9.86 Å². The van der Waals surface area contributed by atoms with Crippen molar-refractivity contribution in [2.24, 2.45) is 0 Å². The second kappa shape index (κ2) is 7.38. The summed E-state index contributed by atoms with van der Waals surface area (Å²) in [6, 6.07) is 0. The predicted molar refractivity (Wildman–Crippen MR) is 151 cm³/mol.